The van der Waals surface area contributed by atoms with Crippen LogP contribution in [0, 0.1) is 5.41 Å². The standard InChI is InChI=1S/C8H14N2O6S/c1-16-7(13)10-17(14,15)9-5-8(6(11)12)3-2-4-8/h9H,2-5H2,1H3,(H,10,13)(H,11,12). The van der Waals surface area contributed by atoms with E-state index in [4.69, 9.17) is 5.11 Å². The molecule has 1 saturated carbocycles. The van der Waals surface area contributed by atoms with Crippen LogP contribution >= 0.6 is 0 Å². The van der Waals surface area contributed by atoms with Crippen LogP contribution in [0.1, 0.15) is 19.3 Å². The van der Waals surface area contributed by atoms with Gasteiger partial charge in [-0.1, -0.05) is 6.42 Å². The predicted molar refractivity (Wildman–Crippen MR) is 56.4 cm³/mol. The molecule has 3 N–H and O–H groups in total. The third kappa shape index (κ3) is 3.30. The molecule has 0 unspecified atom stereocenters. The van der Waals surface area contributed by atoms with Gasteiger partial charge < -0.3 is 9.84 Å². The molecule has 0 heterocycles. The number of carboxylic acid groups (broad SMARTS) is 1. The van der Waals surface area contributed by atoms with Crippen molar-refractivity contribution in [3.05, 3.63) is 0 Å². The number of hydrogen-bond donors (Lipinski definition) is 3. The zero-order chi connectivity index (χ0) is 13.1. The molecule has 9 heteroatoms. The summed E-state index contributed by atoms with van der Waals surface area (Å²) in [4.78, 5) is 21.7. The summed E-state index contributed by atoms with van der Waals surface area (Å²) in [5, 5.41) is 8.96. The van der Waals surface area contributed by atoms with Gasteiger partial charge in [-0.15, -0.1) is 0 Å². The van der Waals surface area contributed by atoms with E-state index in [1.54, 1.807) is 4.72 Å². The molecule has 0 radical (unpaired) electrons. The van der Waals surface area contributed by atoms with Crippen LogP contribution in [0.3, 0.4) is 0 Å². The van der Waals surface area contributed by atoms with E-state index in [1.165, 1.54) is 0 Å². The lowest BCUT2D eigenvalue weighted by Gasteiger charge is -2.37. The number of carbonyl (C=O) groups excluding carboxylic acids is 1. The second-order valence-electron chi connectivity index (χ2n) is 3.86. The lowest BCUT2D eigenvalue weighted by Crippen LogP contribution is -2.50. The third-order valence-electron chi connectivity index (χ3n) is 2.77. The molecule has 1 rings (SSSR count). The number of carbonyl (C=O) groups is 2. The van der Waals surface area contributed by atoms with E-state index >= 15 is 0 Å². The number of ether oxygens (including phenoxy) is 1. The van der Waals surface area contributed by atoms with Gasteiger partial charge in [0, 0.05) is 6.54 Å². The largest absolute Gasteiger partial charge is 0.481 e. The molecule has 17 heavy (non-hydrogen) atoms. The molecule has 0 aromatic rings. The highest BCUT2D eigenvalue weighted by Gasteiger charge is 2.45. The quantitative estimate of drug-likeness (QED) is 0.612. The van der Waals surface area contributed by atoms with Crippen molar-refractivity contribution in [3.8, 4) is 0 Å². The average molecular weight is 266 g/mol. The average Bonchev–Trinajstić information content (AvgIpc) is 2.14. The molecule has 0 aliphatic heterocycles. The fourth-order valence-corrected chi connectivity index (χ4v) is 2.33. The van der Waals surface area contributed by atoms with Crippen molar-refractivity contribution in [2.45, 2.75) is 19.3 Å². The van der Waals surface area contributed by atoms with Crippen LogP contribution in [0.5, 0.6) is 0 Å². The molecule has 0 bridgehead atoms. The summed E-state index contributed by atoms with van der Waals surface area (Å²) in [6.45, 7) is -0.241. The lowest BCUT2D eigenvalue weighted by molar-refractivity contribution is -0.153. The van der Waals surface area contributed by atoms with E-state index in [9.17, 15) is 18.0 Å². The third-order valence-corrected chi connectivity index (χ3v) is 3.73. The monoisotopic (exact) mass is 266 g/mol. The van der Waals surface area contributed by atoms with Crippen molar-refractivity contribution >= 4 is 22.3 Å². The van der Waals surface area contributed by atoms with Crippen molar-refractivity contribution in [3.63, 3.8) is 0 Å². The molecule has 0 aromatic carbocycles. The van der Waals surface area contributed by atoms with Gasteiger partial charge in [0.25, 0.3) is 0 Å². The SMILES string of the molecule is COC(=O)NS(=O)(=O)NCC1(C(=O)O)CCC1. The maximum Gasteiger partial charge on any atom is 0.421 e. The first-order valence-electron chi connectivity index (χ1n) is 4.90. The minimum absolute atomic E-state index is 0.241. The topological polar surface area (TPSA) is 122 Å². The van der Waals surface area contributed by atoms with Gasteiger partial charge in [-0.05, 0) is 12.8 Å². The number of rotatable bonds is 5. The first-order valence-corrected chi connectivity index (χ1v) is 6.38. The van der Waals surface area contributed by atoms with E-state index in [1.807, 2.05) is 4.72 Å². The van der Waals surface area contributed by atoms with E-state index in [0.717, 1.165) is 13.5 Å². The Kier molecular flexibility index (Phi) is 3.94. The summed E-state index contributed by atoms with van der Waals surface area (Å²) in [7, 11) is -3.05. The fourth-order valence-electron chi connectivity index (χ4n) is 1.49. The van der Waals surface area contributed by atoms with Gasteiger partial charge >= 0.3 is 22.3 Å². The molecule has 98 valence electrons. The Balaban J connectivity index is 2.55. The van der Waals surface area contributed by atoms with Crippen LogP contribution < -0.4 is 9.44 Å². The highest BCUT2D eigenvalue weighted by Crippen LogP contribution is 2.40. The summed E-state index contributed by atoms with van der Waals surface area (Å²) in [5.41, 5.74) is -1.05. The molecule has 0 atom stereocenters. The Hall–Kier alpha value is -1.35. The molecule has 1 fully saturated rings. The second kappa shape index (κ2) is 4.88. The highest BCUT2D eigenvalue weighted by molar-refractivity contribution is 7.88. The molecule has 0 saturated heterocycles. The van der Waals surface area contributed by atoms with Crippen LogP contribution in [-0.2, 0) is 19.7 Å². The Bertz CT molecular complexity index is 414. The van der Waals surface area contributed by atoms with Crippen molar-refractivity contribution < 1.29 is 27.9 Å². The Morgan fingerprint density at radius 3 is 2.35 bits per heavy atom. The van der Waals surface area contributed by atoms with Crippen LogP contribution in [0.25, 0.3) is 0 Å². The maximum atomic E-state index is 11.3. The van der Waals surface area contributed by atoms with Crippen LogP contribution in [0.4, 0.5) is 4.79 Å². The van der Waals surface area contributed by atoms with Gasteiger partial charge in [-0.2, -0.15) is 13.1 Å². The van der Waals surface area contributed by atoms with E-state index in [-0.39, 0.29) is 6.54 Å². The van der Waals surface area contributed by atoms with Crippen molar-refractivity contribution in [1.29, 1.82) is 0 Å². The van der Waals surface area contributed by atoms with Gasteiger partial charge in [-0.3, -0.25) is 4.79 Å². The molecular weight excluding hydrogens is 252 g/mol. The molecule has 1 aliphatic rings. The summed E-state index contributed by atoms with van der Waals surface area (Å²) in [6, 6.07) is 0. The first kappa shape index (κ1) is 13.7. The van der Waals surface area contributed by atoms with Crippen molar-refractivity contribution in [2.75, 3.05) is 13.7 Å². The summed E-state index contributed by atoms with van der Waals surface area (Å²) in [6.07, 6.45) is 0.459. The normalized spacial score (nSPS) is 17.9. The molecule has 1 aliphatic carbocycles. The number of carboxylic acids is 1. The molecule has 0 aromatic heterocycles. The number of nitrogens with one attached hydrogen (secondary N) is 2. The Labute approximate surface area is 98.5 Å². The number of aliphatic carboxylic acids is 1. The highest BCUT2D eigenvalue weighted by atomic mass is 32.2. The van der Waals surface area contributed by atoms with Gasteiger partial charge in [0.15, 0.2) is 0 Å². The van der Waals surface area contributed by atoms with Crippen LogP contribution in [-0.4, -0.2) is 39.2 Å². The zero-order valence-corrected chi connectivity index (χ0v) is 10.0. The summed E-state index contributed by atoms with van der Waals surface area (Å²) in [5.74, 6) is -1.04. The summed E-state index contributed by atoms with van der Waals surface area (Å²) < 4.78 is 30.3. The van der Waals surface area contributed by atoms with E-state index < -0.39 is 27.7 Å². The van der Waals surface area contributed by atoms with E-state index in [2.05, 4.69) is 4.74 Å². The fraction of sp³-hybridized carbons (Fsp3) is 0.750. The molecule has 0 spiro atoms. The number of amides is 1. The predicted octanol–water partition coefficient (Wildman–Crippen LogP) is -0.568. The lowest BCUT2D eigenvalue weighted by atomic mass is 9.69. The molecular formula is C8H14N2O6S. The Morgan fingerprint density at radius 1 is 1.41 bits per heavy atom. The summed E-state index contributed by atoms with van der Waals surface area (Å²) >= 11 is 0. The van der Waals surface area contributed by atoms with Crippen LogP contribution in [0.15, 0.2) is 0 Å². The maximum absolute atomic E-state index is 11.3. The van der Waals surface area contributed by atoms with Crippen molar-refractivity contribution in [1.82, 2.24) is 9.44 Å². The van der Waals surface area contributed by atoms with Gasteiger partial charge in [0.2, 0.25) is 0 Å². The molecule has 1 amide bonds. The van der Waals surface area contributed by atoms with E-state index in [0.29, 0.717) is 12.8 Å². The van der Waals surface area contributed by atoms with Gasteiger partial charge in [0.1, 0.15) is 0 Å². The Morgan fingerprint density at radius 2 is 2.00 bits per heavy atom. The van der Waals surface area contributed by atoms with Gasteiger partial charge in [0.05, 0.1) is 12.5 Å². The first-order chi connectivity index (χ1) is 7.81. The number of methoxy groups -OCH3 is 1. The van der Waals surface area contributed by atoms with Crippen molar-refractivity contribution in [2.24, 2.45) is 5.41 Å². The zero-order valence-electron chi connectivity index (χ0n) is 9.23. The second-order valence-corrected chi connectivity index (χ2v) is 5.36. The smallest absolute Gasteiger partial charge is 0.421 e. The number of hydrogen-bond acceptors (Lipinski definition) is 5. The minimum Gasteiger partial charge on any atom is -0.481 e. The minimum atomic E-state index is -4.07. The van der Waals surface area contributed by atoms with Crippen LogP contribution in [0.2, 0.25) is 0 Å². The van der Waals surface area contributed by atoms with Gasteiger partial charge in [-0.25, -0.2) is 9.52 Å². The molecule has 8 nitrogen and oxygen atoms in total.